The van der Waals surface area contributed by atoms with Crippen LogP contribution in [0.15, 0.2) is 36.5 Å². The van der Waals surface area contributed by atoms with Crippen LogP contribution in [0.3, 0.4) is 0 Å². The first kappa shape index (κ1) is 44.2. The normalized spacial score (nSPS) is 13.9. The van der Waals surface area contributed by atoms with E-state index < -0.39 is 26.5 Å². The van der Waals surface area contributed by atoms with E-state index in [9.17, 15) is 24.2 Å². The number of unbranched alkanes of at least 4 members (excludes halogenated alkanes) is 14. The lowest BCUT2D eigenvalue weighted by molar-refractivity contribution is -0.147. The highest BCUT2D eigenvalue weighted by molar-refractivity contribution is 7.47. The number of hydrogen-bond donors (Lipinski definition) is 3. The Morgan fingerprint density at radius 1 is 0.696 bits per heavy atom. The first-order chi connectivity index (χ1) is 22.3. The van der Waals surface area contributed by atoms with Gasteiger partial charge >= 0.3 is 13.8 Å². The number of hydrogen-bond acceptors (Lipinski definition) is 7. The fraction of sp³-hybridized carbons (Fsp3) is 0.778. The summed E-state index contributed by atoms with van der Waals surface area (Å²) in [6.07, 6.45) is 33.6. The van der Waals surface area contributed by atoms with Crippen molar-refractivity contribution in [3.8, 4) is 0 Å². The van der Waals surface area contributed by atoms with Crippen LogP contribution in [-0.2, 0) is 27.9 Å². The molecule has 0 aromatic rings. The third-order valence-electron chi connectivity index (χ3n) is 7.33. The number of carbonyl (C=O) groups is 2. The number of rotatable bonds is 33. The molecule has 2 atom stereocenters. The maximum Gasteiger partial charge on any atom is 0.472 e. The van der Waals surface area contributed by atoms with E-state index in [-0.39, 0.29) is 32.1 Å². The Morgan fingerprint density at radius 3 is 1.87 bits per heavy atom. The average Bonchev–Trinajstić information content (AvgIpc) is 3.04. The van der Waals surface area contributed by atoms with Crippen LogP contribution in [0.1, 0.15) is 149 Å². The van der Waals surface area contributed by atoms with E-state index in [0.717, 1.165) is 77.0 Å². The molecule has 10 heteroatoms. The molecule has 0 fully saturated rings. The van der Waals surface area contributed by atoms with Crippen LogP contribution < -0.4 is 5.32 Å². The lowest BCUT2D eigenvalue weighted by Crippen LogP contribution is -2.27. The van der Waals surface area contributed by atoms with Crippen LogP contribution in [-0.4, -0.2) is 54.3 Å². The van der Waals surface area contributed by atoms with Gasteiger partial charge in [-0.1, -0.05) is 127 Å². The van der Waals surface area contributed by atoms with Crippen LogP contribution in [0.4, 0.5) is 0 Å². The van der Waals surface area contributed by atoms with E-state index in [0.29, 0.717) is 6.42 Å². The molecule has 0 aliphatic rings. The molecule has 0 aliphatic heterocycles. The van der Waals surface area contributed by atoms with Crippen molar-refractivity contribution in [1.29, 1.82) is 0 Å². The molecule has 0 aromatic carbocycles. The second kappa shape index (κ2) is 33.1. The van der Waals surface area contributed by atoms with E-state index in [4.69, 9.17) is 13.8 Å². The van der Waals surface area contributed by atoms with Crippen molar-refractivity contribution >= 4 is 19.7 Å². The molecule has 0 bridgehead atoms. The fourth-order valence-electron chi connectivity index (χ4n) is 4.63. The largest absolute Gasteiger partial charge is 0.472 e. The molecule has 0 saturated carbocycles. The lowest BCUT2D eigenvalue weighted by Gasteiger charge is -2.15. The zero-order chi connectivity index (χ0) is 34.0. The number of aliphatic hydroxyl groups excluding tert-OH is 1. The van der Waals surface area contributed by atoms with Gasteiger partial charge in [0.15, 0.2) is 0 Å². The molecule has 3 N–H and O–H groups in total. The van der Waals surface area contributed by atoms with Gasteiger partial charge in [0.05, 0.1) is 13.2 Å². The first-order valence-electron chi connectivity index (χ1n) is 18.0. The minimum atomic E-state index is -4.41. The molecule has 0 heterocycles. The van der Waals surface area contributed by atoms with Gasteiger partial charge in [0, 0.05) is 19.4 Å². The van der Waals surface area contributed by atoms with Crippen molar-refractivity contribution in [1.82, 2.24) is 5.32 Å². The summed E-state index contributed by atoms with van der Waals surface area (Å²) in [7, 11) is -4.41. The quantitative estimate of drug-likeness (QED) is 0.0273. The first-order valence-corrected chi connectivity index (χ1v) is 19.5. The summed E-state index contributed by atoms with van der Waals surface area (Å²) >= 11 is 0. The number of esters is 1. The van der Waals surface area contributed by atoms with Gasteiger partial charge in [0.2, 0.25) is 5.91 Å². The highest BCUT2D eigenvalue weighted by atomic mass is 31.2. The van der Waals surface area contributed by atoms with Crippen molar-refractivity contribution in [2.45, 2.75) is 155 Å². The minimum Gasteiger partial charge on any atom is -0.463 e. The number of ether oxygens (including phenoxy) is 1. The van der Waals surface area contributed by atoms with Crippen LogP contribution in [0, 0.1) is 0 Å². The molecule has 46 heavy (non-hydrogen) atoms. The molecule has 0 aliphatic carbocycles. The molecular weight excluding hydrogens is 605 g/mol. The third-order valence-corrected chi connectivity index (χ3v) is 8.32. The maximum absolute atomic E-state index is 12.0. The number of amides is 1. The number of phosphoric ester groups is 1. The lowest BCUT2D eigenvalue weighted by atomic mass is 10.1. The summed E-state index contributed by atoms with van der Waals surface area (Å²) in [5.41, 5.74) is 0. The van der Waals surface area contributed by atoms with Crippen molar-refractivity contribution in [3.05, 3.63) is 36.5 Å². The molecule has 2 unspecified atom stereocenters. The van der Waals surface area contributed by atoms with Crippen molar-refractivity contribution in [3.63, 3.8) is 0 Å². The van der Waals surface area contributed by atoms with E-state index in [2.05, 4.69) is 55.6 Å². The van der Waals surface area contributed by atoms with Gasteiger partial charge < -0.3 is 20.1 Å². The van der Waals surface area contributed by atoms with E-state index in [1.54, 1.807) is 0 Å². The van der Waals surface area contributed by atoms with E-state index >= 15 is 0 Å². The SMILES string of the molecule is CC/C=C\C/C=C\C/C=C\CCCCCCCC(=O)NCCOP(=O)(O)OCC(O)COC(=O)CCCCCCCCCCCC. The van der Waals surface area contributed by atoms with Gasteiger partial charge in [0.1, 0.15) is 12.7 Å². The van der Waals surface area contributed by atoms with Crippen molar-refractivity contribution in [2.75, 3.05) is 26.4 Å². The highest BCUT2D eigenvalue weighted by Crippen LogP contribution is 2.42. The predicted octanol–water partition coefficient (Wildman–Crippen LogP) is 9.04. The van der Waals surface area contributed by atoms with Gasteiger partial charge in [-0.15, -0.1) is 0 Å². The Kier molecular flexibility index (Phi) is 31.9. The molecule has 0 aromatic heterocycles. The van der Waals surface area contributed by atoms with Gasteiger partial charge in [-0.3, -0.25) is 18.6 Å². The zero-order valence-electron chi connectivity index (χ0n) is 29.0. The minimum absolute atomic E-state index is 0.0723. The fourth-order valence-corrected chi connectivity index (χ4v) is 5.39. The Labute approximate surface area is 280 Å². The Bertz CT molecular complexity index is 861. The van der Waals surface area contributed by atoms with E-state index in [1.807, 2.05) is 0 Å². The van der Waals surface area contributed by atoms with Crippen molar-refractivity contribution < 1.29 is 37.9 Å². The summed E-state index contributed by atoms with van der Waals surface area (Å²) in [5.74, 6) is -0.537. The Morgan fingerprint density at radius 2 is 1.24 bits per heavy atom. The topological polar surface area (TPSA) is 131 Å². The van der Waals surface area contributed by atoms with Crippen LogP contribution >= 0.6 is 7.82 Å². The van der Waals surface area contributed by atoms with Gasteiger partial charge in [-0.25, -0.2) is 4.57 Å². The summed E-state index contributed by atoms with van der Waals surface area (Å²) < 4.78 is 26.7. The van der Waals surface area contributed by atoms with Crippen LogP contribution in [0.5, 0.6) is 0 Å². The van der Waals surface area contributed by atoms with Gasteiger partial charge in [-0.2, -0.15) is 0 Å². The molecule has 1 amide bonds. The smallest absolute Gasteiger partial charge is 0.463 e. The molecule has 0 saturated heterocycles. The van der Waals surface area contributed by atoms with E-state index in [1.165, 1.54) is 44.9 Å². The standard InChI is InChI=1S/C36H66NO8P/c1-3-5-7-9-11-13-15-16-17-18-19-20-22-24-26-28-35(39)37-30-31-44-46(41,42)45-33-34(38)32-43-36(40)29-27-25-23-21-14-12-10-8-6-4-2/h5,7,11,13,16-17,34,38H,3-4,6,8-10,12,14-15,18-33H2,1-2H3,(H,37,39)(H,41,42)/b7-5-,13-11-,17-16-. The Hall–Kier alpha value is -1.77. The molecule has 0 radical (unpaired) electrons. The summed E-state index contributed by atoms with van der Waals surface area (Å²) in [5, 5.41) is 12.6. The molecule has 0 rings (SSSR count). The maximum atomic E-state index is 12.0. The monoisotopic (exact) mass is 671 g/mol. The van der Waals surface area contributed by atoms with Gasteiger partial charge in [0.25, 0.3) is 0 Å². The second-order valence-electron chi connectivity index (χ2n) is 11.8. The second-order valence-corrected chi connectivity index (χ2v) is 13.3. The number of carbonyl (C=O) groups excluding carboxylic acids is 2. The van der Waals surface area contributed by atoms with Crippen molar-refractivity contribution in [2.24, 2.45) is 0 Å². The summed E-state index contributed by atoms with van der Waals surface area (Å²) in [6, 6.07) is 0. The van der Waals surface area contributed by atoms with Crippen LogP contribution in [0.2, 0.25) is 0 Å². The summed E-state index contributed by atoms with van der Waals surface area (Å²) in [6.45, 7) is 3.38. The highest BCUT2D eigenvalue weighted by Gasteiger charge is 2.23. The molecular formula is C36H66NO8P. The number of nitrogens with one attached hydrogen (secondary N) is 1. The van der Waals surface area contributed by atoms with Crippen LogP contribution in [0.25, 0.3) is 0 Å². The summed E-state index contributed by atoms with van der Waals surface area (Å²) in [4.78, 5) is 33.6. The molecule has 0 spiro atoms. The van der Waals surface area contributed by atoms with Gasteiger partial charge in [-0.05, 0) is 44.9 Å². The third kappa shape index (κ3) is 33.6. The number of allylic oxidation sites excluding steroid dienone is 6. The average molecular weight is 672 g/mol. The predicted molar refractivity (Wildman–Crippen MR) is 187 cm³/mol. The molecule has 268 valence electrons. The Balaban J connectivity index is 3.66. The number of aliphatic hydroxyl groups is 1. The zero-order valence-corrected chi connectivity index (χ0v) is 29.9. The number of phosphoric acid groups is 1. The molecule has 9 nitrogen and oxygen atoms in total.